The summed E-state index contributed by atoms with van der Waals surface area (Å²) < 4.78 is 0. The van der Waals surface area contributed by atoms with Crippen LogP contribution in [0.25, 0.3) is 0 Å². The molecular weight excluding hydrogens is 290 g/mol. The molecule has 2 amide bonds. The van der Waals surface area contributed by atoms with Gasteiger partial charge in [-0.15, -0.1) is 0 Å². The van der Waals surface area contributed by atoms with Crippen LogP contribution >= 0.6 is 0 Å². The fraction of sp³-hybridized carbons (Fsp3) is 0.556. The van der Waals surface area contributed by atoms with Crippen LogP contribution in [0.3, 0.4) is 0 Å². The molecule has 2 N–H and O–H groups in total. The van der Waals surface area contributed by atoms with E-state index in [1.54, 1.807) is 0 Å². The molecule has 1 atom stereocenters. The van der Waals surface area contributed by atoms with Gasteiger partial charge < -0.3 is 15.5 Å². The number of likely N-dealkylation sites (N-methyl/N-ethyl adjacent to an activating group) is 1. The predicted molar refractivity (Wildman–Crippen MR) is 92.6 cm³/mol. The molecule has 5 heteroatoms. The highest BCUT2D eigenvalue weighted by Crippen LogP contribution is 2.18. The van der Waals surface area contributed by atoms with Crippen molar-refractivity contribution in [2.75, 3.05) is 24.5 Å². The van der Waals surface area contributed by atoms with Crippen molar-refractivity contribution < 1.29 is 9.59 Å². The Hall–Kier alpha value is -2.04. The molecule has 5 nitrogen and oxygen atoms in total. The standard InChI is InChI=1S/C18H27N3O2/c1-4-21(15-10-13(2)9-14(3)11-15)12-17(22)20-16-7-5-6-8-19-18(16)23/h9-11,16H,4-8,12H2,1-3H3,(H,19,23)(H,20,22)/t16-/m1/s1. The third-order valence-electron chi connectivity index (χ3n) is 4.16. The average molecular weight is 317 g/mol. The number of aryl methyl sites for hydroxylation is 2. The molecule has 0 aliphatic carbocycles. The Morgan fingerprint density at radius 3 is 2.61 bits per heavy atom. The van der Waals surface area contributed by atoms with Crippen molar-refractivity contribution in [2.45, 2.75) is 46.1 Å². The quantitative estimate of drug-likeness (QED) is 0.872. The van der Waals surface area contributed by atoms with Gasteiger partial charge in [-0.3, -0.25) is 9.59 Å². The van der Waals surface area contributed by atoms with Gasteiger partial charge in [-0.2, -0.15) is 0 Å². The lowest BCUT2D eigenvalue weighted by atomic mass is 10.1. The Balaban J connectivity index is 2.00. The van der Waals surface area contributed by atoms with Gasteiger partial charge in [0.25, 0.3) is 0 Å². The maximum absolute atomic E-state index is 12.3. The smallest absolute Gasteiger partial charge is 0.242 e. The highest BCUT2D eigenvalue weighted by molar-refractivity contribution is 5.89. The maximum atomic E-state index is 12.3. The number of amides is 2. The third-order valence-corrected chi connectivity index (χ3v) is 4.16. The molecule has 1 aromatic rings. The predicted octanol–water partition coefficient (Wildman–Crippen LogP) is 1.91. The van der Waals surface area contributed by atoms with E-state index >= 15 is 0 Å². The largest absolute Gasteiger partial charge is 0.362 e. The monoisotopic (exact) mass is 317 g/mol. The molecule has 0 aromatic heterocycles. The van der Waals surface area contributed by atoms with Crippen molar-refractivity contribution in [1.82, 2.24) is 10.6 Å². The molecule has 1 fully saturated rings. The number of hydrogen-bond acceptors (Lipinski definition) is 3. The number of rotatable bonds is 5. The van der Waals surface area contributed by atoms with Crippen LogP contribution < -0.4 is 15.5 Å². The summed E-state index contributed by atoms with van der Waals surface area (Å²) in [5, 5.41) is 5.73. The molecule has 0 unspecified atom stereocenters. The van der Waals surface area contributed by atoms with E-state index in [0.717, 1.165) is 25.1 Å². The van der Waals surface area contributed by atoms with Crippen LogP contribution in [0.5, 0.6) is 0 Å². The van der Waals surface area contributed by atoms with Gasteiger partial charge in [0.2, 0.25) is 11.8 Å². The van der Waals surface area contributed by atoms with Gasteiger partial charge in [0, 0.05) is 18.8 Å². The van der Waals surface area contributed by atoms with Crippen molar-refractivity contribution in [2.24, 2.45) is 0 Å². The first kappa shape index (κ1) is 17.3. The summed E-state index contributed by atoms with van der Waals surface area (Å²) in [7, 11) is 0. The molecule has 0 bridgehead atoms. The van der Waals surface area contributed by atoms with Crippen LogP contribution in [-0.2, 0) is 9.59 Å². The van der Waals surface area contributed by atoms with Gasteiger partial charge in [0.1, 0.15) is 6.04 Å². The fourth-order valence-electron chi connectivity index (χ4n) is 3.01. The molecule has 0 radical (unpaired) electrons. The van der Waals surface area contributed by atoms with E-state index in [-0.39, 0.29) is 18.4 Å². The molecule has 0 spiro atoms. The summed E-state index contributed by atoms with van der Waals surface area (Å²) in [5.74, 6) is -0.168. The first-order valence-corrected chi connectivity index (χ1v) is 8.40. The minimum Gasteiger partial charge on any atom is -0.362 e. The van der Waals surface area contributed by atoms with Crippen LogP contribution in [0.4, 0.5) is 5.69 Å². The van der Waals surface area contributed by atoms with Gasteiger partial charge in [-0.25, -0.2) is 0 Å². The number of nitrogens with zero attached hydrogens (tertiary/aromatic N) is 1. The molecule has 1 aromatic carbocycles. The molecule has 23 heavy (non-hydrogen) atoms. The number of carbonyl (C=O) groups is 2. The van der Waals surface area contributed by atoms with Crippen molar-refractivity contribution >= 4 is 17.5 Å². The van der Waals surface area contributed by atoms with E-state index < -0.39 is 6.04 Å². The number of benzene rings is 1. The molecule has 126 valence electrons. The summed E-state index contributed by atoms with van der Waals surface area (Å²) in [4.78, 5) is 26.3. The van der Waals surface area contributed by atoms with Gasteiger partial charge in [0.05, 0.1) is 6.54 Å². The van der Waals surface area contributed by atoms with E-state index in [0.29, 0.717) is 13.0 Å². The second-order valence-corrected chi connectivity index (χ2v) is 6.27. The molecule has 2 rings (SSSR count). The van der Waals surface area contributed by atoms with Crippen molar-refractivity contribution in [3.05, 3.63) is 29.3 Å². The summed E-state index contributed by atoms with van der Waals surface area (Å²) in [6.45, 7) is 7.86. The topological polar surface area (TPSA) is 61.4 Å². The zero-order valence-electron chi connectivity index (χ0n) is 14.3. The fourth-order valence-corrected chi connectivity index (χ4v) is 3.01. The van der Waals surface area contributed by atoms with Gasteiger partial charge in [-0.1, -0.05) is 6.07 Å². The average Bonchev–Trinajstić information content (AvgIpc) is 2.69. The summed E-state index contributed by atoms with van der Waals surface area (Å²) in [6.07, 6.45) is 2.65. The first-order valence-electron chi connectivity index (χ1n) is 8.40. The molecule has 0 saturated carbocycles. The highest BCUT2D eigenvalue weighted by atomic mass is 16.2. The van der Waals surface area contributed by atoms with Crippen molar-refractivity contribution in [3.8, 4) is 0 Å². The summed E-state index contributed by atoms with van der Waals surface area (Å²) in [6, 6.07) is 5.89. The van der Waals surface area contributed by atoms with Crippen molar-refractivity contribution in [3.63, 3.8) is 0 Å². The van der Waals surface area contributed by atoms with Crippen LogP contribution in [0.1, 0.15) is 37.3 Å². The van der Waals surface area contributed by atoms with Crippen LogP contribution in [-0.4, -0.2) is 37.5 Å². The number of anilines is 1. The molecule has 1 aliphatic rings. The summed E-state index contributed by atoms with van der Waals surface area (Å²) in [5.41, 5.74) is 3.41. The van der Waals surface area contributed by atoms with E-state index in [2.05, 4.69) is 42.7 Å². The normalized spacial score (nSPS) is 18.0. The number of carbonyl (C=O) groups excluding carboxylic acids is 2. The Morgan fingerprint density at radius 2 is 1.96 bits per heavy atom. The number of hydrogen-bond donors (Lipinski definition) is 2. The Bertz CT molecular complexity index is 551. The SMILES string of the molecule is CCN(CC(=O)N[C@@H]1CCCCNC1=O)c1cc(C)cc(C)c1. The second-order valence-electron chi connectivity index (χ2n) is 6.27. The minimum atomic E-state index is -0.400. The molecular formula is C18H27N3O2. The Morgan fingerprint density at radius 1 is 1.26 bits per heavy atom. The van der Waals surface area contributed by atoms with E-state index in [9.17, 15) is 9.59 Å². The van der Waals surface area contributed by atoms with Crippen LogP contribution in [0, 0.1) is 13.8 Å². The third kappa shape index (κ3) is 4.98. The Kier molecular flexibility index (Phi) is 6.02. The minimum absolute atomic E-state index is 0.0645. The molecule has 1 aliphatic heterocycles. The van der Waals surface area contributed by atoms with Gasteiger partial charge >= 0.3 is 0 Å². The first-order chi connectivity index (χ1) is 11.0. The van der Waals surface area contributed by atoms with Crippen LogP contribution in [0.15, 0.2) is 18.2 Å². The summed E-state index contributed by atoms with van der Waals surface area (Å²) >= 11 is 0. The van der Waals surface area contributed by atoms with E-state index in [1.807, 2.05) is 11.8 Å². The van der Waals surface area contributed by atoms with Gasteiger partial charge in [-0.05, 0) is 63.3 Å². The zero-order chi connectivity index (χ0) is 16.8. The highest BCUT2D eigenvalue weighted by Gasteiger charge is 2.23. The molecule has 1 saturated heterocycles. The van der Waals surface area contributed by atoms with Crippen molar-refractivity contribution in [1.29, 1.82) is 0 Å². The maximum Gasteiger partial charge on any atom is 0.242 e. The zero-order valence-corrected chi connectivity index (χ0v) is 14.3. The lowest BCUT2D eigenvalue weighted by molar-refractivity contribution is -0.128. The lowest BCUT2D eigenvalue weighted by Gasteiger charge is -2.24. The van der Waals surface area contributed by atoms with E-state index in [4.69, 9.17) is 0 Å². The Labute approximate surface area is 138 Å². The van der Waals surface area contributed by atoms with Gasteiger partial charge in [0.15, 0.2) is 0 Å². The van der Waals surface area contributed by atoms with Crippen LogP contribution in [0.2, 0.25) is 0 Å². The lowest BCUT2D eigenvalue weighted by Crippen LogP contribution is -2.48. The number of nitrogens with one attached hydrogen (secondary N) is 2. The molecule has 1 heterocycles. The second kappa shape index (κ2) is 7.99. The van der Waals surface area contributed by atoms with E-state index in [1.165, 1.54) is 11.1 Å².